The molecule has 0 N–H and O–H groups in total. The van der Waals surface area contributed by atoms with Crippen molar-refractivity contribution in [2.24, 2.45) is 5.10 Å². The third kappa shape index (κ3) is 2.55. The third-order valence-corrected chi connectivity index (χ3v) is 2.26. The van der Waals surface area contributed by atoms with E-state index in [1.807, 2.05) is 0 Å². The van der Waals surface area contributed by atoms with Crippen LogP contribution in [0.25, 0.3) is 0 Å². The molecule has 6 heteroatoms. The van der Waals surface area contributed by atoms with Crippen LogP contribution in [0.15, 0.2) is 36.0 Å². The molecular formula is C9H6Cl2N4. The fourth-order valence-electron chi connectivity index (χ4n) is 0.990. The highest BCUT2D eigenvalue weighted by atomic mass is 35.5. The quantitative estimate of drug-likeness (QED) is 0.758. The molecule has 1 aromatic heterocycles. The highest BCUT2D eigenvalue weighted by Crippen LogP contribution is 2.19. The van der Waals surface area contributed by atoms with E-state index in [0.29, 0.717) is 10.0 Å². The van der Waals surface area contributed by atoms with E-state index in [2.05, 4.69) is 15.3 Å². The molecule has 0 unspecified atom stereocenters. The predicted octanol–water partition coefficient (Wildman–Crippen LogP) is 2.47. The van der Waals surface area contributed by atoms with Crippen LogP contribution in [0.4, 0.5) is 0 Å². The summed E-state index contributed by atoms with van der Waals surface area (Å²) in [5.74, 6) is 0. The van der Waals surface area contributed by atoms with E-state index in [4.69, 9.17) is 23.2 Å². The van der Waals surface area contributed by atoms with Crippen LogP contribution >= 0.6 is 23.2 Å². The number of benzene rings is 1. The molecule has 0 aliphatic rings. The molecule has 4 nitrogen and oxygen atoms in total. The Hall–Kier alpha value is -1.39. The average Bonchev–Trinajstić information content (AvgIpc) is 2.69. The normalized spacial score (nSPS) is 11.1. The molecule has 0 aliphatic carbocycles. The fourth-order valence-corrected chi connectivity index (χ4v) is 1.45. The molecule has 0 saturated heterocycles. The number of hydrogen-bond acceptors (Lipinski definition) is 3. The molecule has 2 aromatic rings. The molecule has 1 aromatic carbocycles. The fraction of sp³-hybridized carbons (Fsp3) is 0. The largest absolute Gasteiger partial charge is 0.208 e. The Kier molecular flexibility index (Phi) is 2.99. The summed E-state index contributed by atoms with van der Waals surface area (Å²) in [6.07, 6.45) is 4.59. The first-order valence-electron chi connectivity index (χ1n) is 4.10. The smallest absolute Gasteiger partial charge is 0.141 e. The average molecular weight is 241 g/mol. The maximum Gasteiger partial charge on any atom is 0.141 e. The van der Waals surface area contributed by atoms with Crippen LogP contribution in [-0.4, -0.2) is 21.1 Å². The van der Waals surface area contributed by atoms with Gasteiger partial charge >= 0.3 is 0 Å². The first kappa shape index (κ1) is 10.1. The summed E-state index contributed by atoms with van der Waals surface area (Å²) in [4.78, 5) is 0. The zero-order valence-electron chi connectivity index (χ0n) is 7.51. The Morgan fingerprint density at radius 3 is 2.60 bits per heavy atom. The van der Waals surface area contributed by atoms with Crippen molar-refractivity contribution in [3.63, 3.8) is 0 Å². The molecule has 1 heterocycles. The maximum absolute atomic E-state index is 5.95. The number of aromatic nitrogens is 3. The van der Waals surface area contributed by atoms with Crippen LogP contribution in [0, 0.1) is 0 Å². The van der Waals surface area contributed by atoms with Crippen LogP contribution in [0.3, 0.4) is 0 Å². The van der Waals surface area contributed by atoms with Crippen molar-refractivity contribution in [1.29, 1.82) is 0 Å². The lowest BCUT2D eigenvalue weighted by Crippen LogP contribution is -1.88. The summed E-state index contributed by atoms with van der Waals surface area (Å²) < 4.78 is 1.48. The molecule has 0 amide bonds. The number of halogens is 2. The van der Waals surface area contributed by atoms with E-state index in [-0.39, 0.29) is 0 Å². The lowest BCUT2D eigenvalue weighted by molar-refractivity contribution is 0.878. The van der Waals surface area contributed by atoms with Gasteiger partial charge in [0.25, 0.3) is 0 Å². The lowest BCUT2D eigenvalue weighted by Gasteiger charge is -1.97. The second kappa shape index (κ2) is 4.42. The maximum atomic E-state index is 5.95. The second-order valence-electron chi connectivity index (χ2n) is 2.75. The highest BCUT2D eigenvalue weighted by Gasteiger charge is 1.97. The topological polar surface area (TPSA) is 43.1 Å². The van der Waals surface area contributed by atoms with Gasteiger partial charge in [0.15, 0.2) is 0 Å². The Morgan fingerprint density at radius 2 is 1.93 bits per heavy atom. The molecule has 0 saturated carbocycles. The van der Waals surface area contributed by atoms with Crippen molar-refractivity contribution in [1.82, 2.24) is 14.9 Å². The molecule has 76 valence electrons. The number of rotatable bonds is 2. The molecule has 0 fully saturated rings. The van der Waals surface area contributed by atoms with Gasteiger partial charge in [-0.25, -0.2) is 4.68 Å². The van der Waals surface area contributed by atoms with E-state index in [0.717, 1.165) is 5.56 Å². The van der Waals surface area contributed by atoms with Crippen molar-refractivity contribution < 1.29 is 0 Å². The van der Waals surface area contributed by atoms with Gasteiger partial charge in [-0.2, -0.15) is 5.10 Å². The van der Waals surface area contributed by atoms with Crippen LogP contribution in [0.1, 0.15) is 5.56 Å². The van der Waals surface area contributed by atoms with Crippen molar-refractivity contribution in [2.75, 3.05) is 0 Å². The number of nitrogens with zero attached hydrogens (tertiary/aromatic N) is 4. The molecule has 15 heavy (non-hydrogen) atoms. The molecule has 0 aliphatic heterocycles. The van der Waals surface area contributed by atoms with Crippen LogP contribution in [0.5, 0.6) is 0 Å². The molecule has 0 bridgehead atoms. The van der Waals surface area contributed by atoms with Gasteiger partial charge in [0, 0.05) is 10.6 Å². The van der Waals surface area contributed by atoms with Crippen molar-refractivity contribution in [3.8, 4) is 0 Å². The first-order valence-corrected chi connectivity index (χ1v) is 4.85. The molecule has 0 atom stereocenters. The van der Waals surface area contributed by atoms with Crippen LogP contribution in [0.2, 0.25) is 10.0 Å². The van der Waals surface area contributed by atoms with Crippen molar-refractivity contribution >= 4 is 29.4 Å². The molecule has 0 spiro atoms. The molecular weight excluding hydrogens is 235 g/mol. The van der Waals surface area contributed by atoms with E-state index in [1.165, 1.54) is 17.3 Å². The summed E-state index contributed by atoms with van der Waals surface area (Å²) in [6, 6.07) is 5.20. The van der Waals surface area contributed by atoms with Gasteiger partial charge in [-0.05, 0) is 12.1 Å². The lowest BCUT2D eigenvalue weighted by atomic mass is 10.2. The monoisotopic (exact) mass is 240 g/mol. The minimum absolute atomic E-state index is 0.555. The number of hydrogen-bond donors (Lipinski definition) is 0. The summed E-state index contributed by atoms with van der Waals surface area (Å²) in [5, 5.41) is 12.5. The van der Waals surface area contributed by atoms with Gasteiger partial charge in [0.1, 0.15) is 12.7 Å². The van der Waals surface area contributed by atoms with Crippen LogP contribution < -0.4 is 0 Å². The van der Waals surface area contributed by atoms with Gasteiger partial charge in [-0.1, -0.05) is 29.3 Å². The standard InChI is InChI=1S/C9H6Cl2N4/c10-8-2-1-7(9(11)3-8)4-14-15-5-12-13-6-15/h1-6H/b14-4-. The molecule has 2 rings (SSSR count). The Labute approximate surface area is 96.2 Å². The molecule has 0 radical (unpaired) electrons. The van der Waals surface area contributed by atoms with E-state index in [1.54, 1.807) is 24.4 Å². The first-order chi connectivity index (χ1) is 7.25. The third-order valence-electron chi connectivity index (χ3n) is 1.70. The van der Waals surface area contributed by atoms with E-state index < -0.39 is 0 Å². The van der Waals surface area contributed by atoms with Gasteiger partial charge in [0.2, 0.25) is 0 Å². The summed E-state index contributed by atoms with van der Waals surface area (Å²) >= 11 is 11.7. The highest BCUT2D eigenvalue weighted by molar-refractivity contribution is 6.36. The predicted molar refractivity (Wildman–Crippen MR) is 59.5 cm³/mol. The minimum atomic E-state index is 0.555. The summed E-state index contributed by atoms with van der Waals surface area (Å²) in [7, 11) is 0. The SMILES string of the molecule is Clc1ccc(/C=N\n2cnnc2)c(Cl)c1. The zero-order chi connectivity index (χ0) is 10.7. The van der Waals surface area contributed by atoms with E-state index in [9.17, 15) is 0 Å². The van der Waals surface area contributed by atoms with Gasteiger partial charge in [0.05, 0.1) is 11.2 Å². The van der Waals surface area contributed by atoms with Gasteiger partial charge in [-0.3, -0.25) is 0 Å². The van der Waals surface area contributed by atoms with Gasteiger partial charge < -0.3 is 0 Å². The van der Waals surface area contributed by atoms with E-state index >= 15 is 0 Å². The Bertz CT molecular complexity index is 479. The second-order valence-corrected chi connectivity index (χ2v) is 3.60. The van der Waals surface area contributed by atoms with Crippen molar-refractivity contribution in [3.05, 3.63) is 46.5 Å². The minimum Gasteiger partial charge on any atom is -0.208 e. The van der Waals surface area contributed by atoms with Crippen LogP contribution in [-0.2, 0) is 0 Å². The Morgan fingerprint density at radius 1 is 1.20 bits per heavy atom. The zero-order valence-corrected chi connectivity index (χ0v) is 9.02. The Balaban J connectivity index is 2.24. The summed E-state index contributed by atoms with van der Waals surface area (Å²) in [6.45, 7) is 0. The summed E-state index contributed by atoms with van der Waals surface area (Å²) in [5.41, 5.74) is 0.787. The van der Waals surface area contributed by atoms with Gasteiger partial charge in [-0.15, -0.1) is 10.2 Å². The van der Waals surface area contributed by atoms with Crippen molar-refractivity contribution in [2.45, 2.75) is 0 Å².